The molecule has 1 nitrogen and oxygen atoms in total. The highest BCUT2D eigenvalue weighted by molar-refractivity contribution is 4.99. The van der Waals surface area contributed by atoms with Gasteiger partial charge in [-0.05, 0) is 25.7 Å². The van der Waals surface area contributed by atoms with Gasteiger partial charge in [-0.15, -0.1) is 0 Å². The first-order valence-electron chi connectivity index (χ1n) is 4.43. The zero-order valence-corrected chi connectivity index (χ0v) is 7.74. The van der Waals surface area contributed by atoms with E-state index in [1.165, 1.54) is 0 Å². The van der Waals surface area contributed by atoms with Crippen molar-refractivity contribution in [3.05, 3.63) is 0 Å². The second kappa shape index (κ2) is 2.95. The van der Waals surface area contributed by atoms with E-state index in [0.29, 0.717) is 6.42 Å². The summed E-state index contributed by atoms with van der Waals surface area (Å²) in [7, 11) is 0. The Hall–Kier alpha value is -0.180. The Labute approximate surface area is 72.3 Å². The molecule has 72 valence electrons. The molecular weight excluding hydrogens is 160 g/mol. The fourth-order valence-corrected chi connectivity index (χ4v) is 1.09. The largest absolute Gasteiger partial charge is 0.325 e. The highest BCUT2D eigenvalue weighted by Gasteiger charge is 2.40. The van der Waals surface area contributed by atoms with E-state index in [1.807, 2.05) is 0 Å². The zero-order chi connectivity index (χ0) is 9.41. The third kappa shape index (κ3) is 2.41. The average molecular weight is 177 g/mol. The Morgan fingerprint density at radius 1 is 1.42 bits per heavy atom. The van der Waals surface area contributed by atoms with E-state index in [4.69, 9.17) is 5.73 Å². The summed E-state index contributed by atoms with van der Waals surface area (Å²) in [5, 5.41) is 0. The third-order valence-electron chi connectivity index (χ3n) is 2.75. The van der Waals surface area contributed by atoms with Crippen LogP contribution in [-0.2, 0) is 0 Å². The summed E-state index contributed by atoms with van der Waals surface area (Å²) in [6.07, 6.45) is 1.05. The minimum Gasteiger partial charge on any atom is -0.325 e. The van der Waals surface area contributed by atoms with Gasteiger partial charge in [-0.25, -0.2) is 8.78 Å². The van der Waals surface area contributed by atoms with Crippen molar-refractivity contribution in [3.8, 4) is 0 Å². The summed E-state index contributed by atoms with van der Waals surface area (Å²) in [5.74, 6) is 0. The number of hydrogen-bond acceptors (Lipinski definition) is 1. The third-order valence-corrected chi connectivity index (χ3v) is 2.75. The normalized spacial score (nSPS) is 21.5. The number of nitrogens with two attached hydrogens (primary N) is 1. The van der Waals surface area contributed by atoms with Crippen LogP contribution in [0.2, 0.25) is 0 Å². The van der Waals surface area contributed by atoms with Crippen LogP contribution in [-0.4, -0.2) is 12.0 Å². The van der Waals surface area contributed by atoms with Crippen molar-refractivity contribution in [2.45, 2.75) is 51.5 Å². The van der Waals surface area contributed by atoms with Crippen LogP contribution in [0, 0.1) is 5.41 Å². The average Bonchev–Trinajstić information content (AvgIpc) is 2.66. The Bertz CT molecular complexity index is 162. The Morgan fingerprint density at radius 3 is 2.25 bits per heavy atom. The molecule has 12 heavy (non-hydrogen) atoms. The topological polar surface area (TPSA) is 26.0 Å². The SMILES string of the molecule is CC(C)(CCC1(N)CC1)C(F)F. The molecule has 0 amide bonds. The van der Waals surface area contributed by atoms with E-state index in [1.54, 1.807) is 13.8 Å². The highest BCUT2D eigenvalue weighted by Crippen LogP contribution is 2.41. The molecule has 1 saturated carbocycles. The maximum absolute atomic E-state index is 12.4. The van der Waals surface area contributed by atoms with Gasteiger partial charge < -0.3 is 5.73 Å². The molecule has 1 rings (SSSR count). The Morgan fingerprint density at radius 2 is 1.92 bits per heavy atom. The number of halogens is 2. The molecule has 0 aromatic carbocycles. The molecule has 0 spiro atoms. The van der Waals surface area contributed by atoms with E-state index < -0.39 is 11.8 Å². The van der Waals surface area contributed by atoms with Gasteiger partial charge in [0.25, 0.3) is 0 Å². The molecule has 0 bridgehead atoms. The molecule has 0 aromatic rings. The Kier molecular flexibility index (Phi) is 2.43. The van der Waals surface area contributed by atoms with Crippen LogP contribution in [0.25, 0.3) is 0 Å². The molecule has 0 atom stereocenters. The highest BCUT2D eigenvalue weighted by atomic mass is 19.3. The smallest absolute Gasteiger partial charge is 0.243 e. The standard InChI is InChI=1S/C9H17F2N/c1-8(2,7(10)11)3-4-9(12)5-6-9/h7H,3-6,12H2,1-2H3. The van der Waals surface area contributed by atoms with Crippen LogP contribution >= 0.6 is 0 Å². The van der Waals surface area contributed by atoms with Gasteiger partial charge in [0.2, 0.25) is 6.43 Å². The lowest BCUT2D eigenvalue weighted by atomic mass is 9.86. The van der Waals surface area contributed by atoms with Crippen molar-refractivity contribution < 1.29 is 8.78 Å². The number of alkyl halides is 2. The molecular formula is C9H17F2N. The monoisotopic (exact) mass is 177 g/mol. The van der Waals surface area contributed by atoms with Crippen molar-refractivity contribution in [3.63, 3.8) is 0 Å². The fourth-order valence-electron chi connectivity index (χ4n) is 1.09. The van der Waals surface area contributed by atoms with Gasteiger partial charge >= 0.3 is 0 Å². The summed E-state index contributed by atoms with van der Waals surface area (Å²) >= 11 is 0. The molecule has 0 aliphatic heterocycles. The summed E-state index contributed by atoms with van der Waals surface area (Å²) in [5.41, 5.74) is 4.85. The van der Waals surface area contributed by atoms with Crippen LogP contribution in [0.3, 0.4) is 0 Å². The van der Waals surface area contributed by atoms with Crippen molar-refractivity contribution in [1.82, 2.24) is 0 Å². The van der Waals surface area contributed by atoms with Gasteiger partial charge in [0.15, 0.2) is 0 Å². The molecule has 0 unspecified atom stereocenters. The molecule has 2 N–H and O–H groups in total. The lowest BCUT2D eigenvalue weighted by Gasteiger charge is -2.24. The first-order valence-corrected chi connectivity index (χ1v) is 4.43. The van der Waals surface area contributed by atoms with Crippen LogP contribution in [0.15, 0.2) is 0 Å². The summed E-state index contributed by atoms with van der Waals surface area (Å²) in [4.78, 5) is 0. The maximum Gasteiger partial charge on any atom is 0.243 e. The maximum atomic E-state index is 12.4. The first kappa shape index (κ1) is 9.90. The second-order valence-electron chi connectivity index (χ2n) is 4.65. The van der Waals surface area contributed by atoms with E-state index >= 15 is 0 Å². The molecule has 1 aliphatic rings. The Balaban J connectivity index is 2.30. The molecule has 0 heterocycles. The van der Waals surface area contributed by atoms with Crippen molar-refractivity contribution >= 4 is 0 Å². The van der Waals surface area contributed by atoms with Gasteiger partial charge in [0, 0.05) is 11.0 Å². The van der Waals surface area contributed by atoms with E-state index in [-0.39, 0.29) is 5.54 Å². The summed E-state index contributed by atoms with van der Waals surface area (Å²) in [6.45, 7) is 3.20. The number of hydrogen-bond donors (Lipinski definition) is 1. The molecule has 0 radical (unpaired) electrons. The van der Waals surface area contributed by atoms with Crippen molar-refractivity contribution in [2.75, 3.05) is 0 Å². The van der Waals surface area contributed by atoms with Crippen LogP contribution in [0.4, 0.5) is 8.78 Å². The lowest BCUT2D eigenvalue weighted by molar-refractivity contribution is 0.0113. The molecule has 0 aromatic heterocycles. The van der Waals surface area contributed by atoms with E-state index in [9.17, 15) is 8.78 Å². The van der Waals surface area contributed by atoms with Gasteiger partial charge in [0.05, 0.1) is 0 Å². The molecule has 1 fully saturated rings. The predicted molar refractivity (Wildman–Crippen MR) is 45.2 cm³/mol. The lowest BCUT2D eigenvalue weighted by Crippen LogP contribution is -2.28. The minimum atomic E-state index is -2.24. The predicted octanol–water partition coefficient (Wildman–Crippen LogP) is 2.55. The van der Waals surface area contributed by atoms with E-state index in [0.717, 1.165) is 19.3 Å². The molecule has 0 saturated heterocycles. The van der Waals surface area contributed by atoms with Gasteiger partial charge in [-0.3, -0.25) is 0 Å². The van der Waals surface area contributed by atoms with Gasteiger partial charge in [-0.2, -0.15) is 0 Å². The molecule has 1 aliphatic carbocycles. The van der Waals surface area contributed by atoms with Crippen LogP contribution < -0.4 is 5.73 Å². The number of rotatable bonds is 4. The van der Waals surface area contributed by atoms with Crippen LogP contribution in [0.5, 0.6) is 0 Å². The quantitative estimate of drug-likeness (QED) is 0.701. The van der Waals surface area contributed by atoms with Gasteiger partial charge in [0.1, 0.15) is 0 Å². The fraction of sp³-hybridized carbons (Fsp3) is 1.00. The van der Waals surface area contributed by atoms with Crippen molar-refractivity contribution in [1.29, 1.82) is 0 Å². The second-order valence-corrected chi connectivity index (χ2v) is 4.65. The van der Waals surface area contributed by atoms with Gasteiger partial charge in [-0.1, -0.05) is 13.8 Å². The zero-order valence-electron chi connectivity index (χ0n) is 7.74. The first-order chi connectivity index (χ1) is 5.36. The minimum absolute atomic E-state index is 0.0911. The summed E-state index contributed by atoms with van der Waals surface area (Å²) in [6, 6.07) is 0. The summed E-state index contributed by atoms with van der Waals surface area (Å²) < 4.78 is 24.7. The molecule has 3 heteroatoms. The van der Waals surface area contributed by atoms with Crippen molar-refractivity contribution in [2.24, 2.45) is 11.1 Å². The van der Waals surface area contributed by atoms with E-state index in [2.05, 4.69) is 0 Å². The van der Waals surface area contributed by atoms with Crippen LogP contribution in [0.1, 0.15) is 39.5 Å².